The third kappa shape index (κ3) is 2.98. The predicted octanol–water partition coefficient (Wildman–Crippen LogP) is 3.27. The van der Waals surface area contributed by atoms with Crippen molar-refractivity contribution in [1.82, 2.24) is 9.58 Å². The number of nitrogens with two attached hydrogens (primary N) is 1. The number of likely N-dealkylation sites (tertiary alicyclic amines) is 1. The molecule has 1 fully saturated rings. The van der Waals surface area contributed by atoms with Crippen LogP contribution >= 0.6 is 0 Å². The summed E-state index contributed by atoms with van der Waals surface area (Å²) in [5.74, 6) is 6.62. The zero-order chi connectivity index (χ0) is 19.0. The molecule has 0 atom stereocenters. The number of carbonyl (C=O) groups is 1. The molecule has 136 valence electrons. The zero-order valence-corrected chi connectivity index (χ0v) is 15.4. The van der Waals surface area contributed by atoms with Crippen LogP contribution in [0.3, 0.4) is 0 Å². The van der Waals surface area contributed by atoms with E-state index in [2.05, 4.69) is 24.1 Å². The Morgan fingerprint density at radius 3 is 2.44 bits per heavy atom. The minimum atomic E-state index is -0.0906. The van der Waals surface area contributed by atoms with E-state index in [-0.39, 0.29) is 5.78 Å². The number of hydrogen-bond acceptors (Lipinski definition) is 4. The number of fused-ring (bicyclic) bond motifs is 1. The lowest BCUT2D eigenvalue weighted by Gasteiger charge is -2.29. The van der Waals surface area contributed by atoms with Crippen molar-refractivity contribution >= 4 is 16.7 Å². The van der Waals surface area contributed by atoms with E-state index < -0.39 is 0 Å². The molecule has 0 unspecified atom stereocenters. The number of para-hydroxylation sites is 1. The van der Waals surface area contributed by atoms with Gasteiger partial charge < -0.3 is 10.7 Å². The van der Waals surface area contributed by atoms with Crippen LogP contribution in [-0.2, 0) is 0 Å². The largest absolute Gasteiger partial charge is 0.338 e. The maximum absolute atomic E-state index is 13.4. The molecule has 27 heavy (non-hydrogen) atoms. The molecule has 0 saturated carbocycles. The van der Waals surface area contributed by atoms with Crippen molar-refractivity contribution < 1.29 is 4.79 Å². The average Bonchev–Trinajstić information content (AvgIpc) is 3.01. The van der Waals surface area contributed by atoms with Crippen LogP contribution < -0.4 is 5.84 Å². The molecule has 4 rings (SSSR count). The van der Waals surface area contributed by atoms with Crippen molar-refractivity contribution in [1.29, 1.82) is 5.26 Å². The van der Waals surface area contributed by atoms with Gasteiger partial charge >= 0.3 is 0 Å². The van der Waals surface area contributed by atoms with Gasteiger partial charge in [0.05, 0.1) is 17.1 Å². The molecule has 5 nitrogen and oxygen atoms in total. The van der Waals surface area contributed by atoms with Crippen LogP contribution in [0.1, 0.15) is 45.9 Å². The standard InChI is InChI=1S/C22H22N4O/c1-25-12-10-16(11-13-25)20-18-4-2-3-5-19(18)26(24)21(20)22(27)17-8-6-15(14-23)7-9-17/h2-9,16H,10-13,24H2,1H3. The van der Waals surface area contributed by atoms with E-state index in [4.69, 9.17) is 11.1 Å². The van der Waals surface area contributed by atoms with Gasteiger partial charge in [0.15, 0.2) is 0 Å². The summed E-state index contributed by atoms with van der Waals surface area (Å²) < 4.78 is 1.55. The quantitative estimate of drug-likeness (QED) is 0.576. The number of rotatable bonds is 3. The fourth-order valence-electron chi connectivity index (χ4n) is 4.06. The Bertz CT molecular complexity index is 1030. The Labute approximate surface area is 158 Å². The van der Waals surface area contributed by atoms with Crippen LogP contribution in [0.4, 0.5) is 0 Å². The molecule has 1 saturated heterocycles. The molecule has 5 heteroatoms. The molecule has 2 aromatic carbocycles. The molecule has 2 N–H and O–H groups in total. The Morgan fingerprint density at radius 2 is 1.78 bits per heavy atom. The highest BCUT2D eigenvalue weighted by atomic mass is 16.1. The molecule has 1 aliphatic heterocycles. The molecule has 0 bridgehead atoms. The number of ketones is 1. The lowest BCUT2D eigenvalue weighted by atomic mass is 9.86. The van der Waals surface area contributed by atoms with Crippen molar-refractivity contribution in [3.63, 3.8) is 0 Å². The average molecular weight is 358 g/mol. The zero-order valence-electron chi connectivity index (χ0n) is 15.4. The van der Waals surface area contributed by atoms with Crippen LogP contribution in [0.15, 0.2) is 48.5 Å². The van der Waals surface area contributed by atoms with E-state index in [1.807, 2.05) is 18.2 Å². The van der Waals surface area contributed by atoms with Gasteiger partial charge in [0.25, 0.3) is 0 Å². The summed E-state index contributed by atoms with van der Waals surface area (Å²) in [7, 11) is 2.13. The topological polar surface area (TPSA) is 75.0 Å². The van der Waals surface area contributed by atoms with Crippen LogP contribution in [0, 0.1) is 11.3 Å². The van der Waals surface area contributed by atoms with E-state index in [1.165, 1.54) is 0 Å². The van der Waals surface area contributed by atoms with E-state index in [0.717, 1.165) is 42.4 Å². The van der Waals surface area contributed by atoms with E-state index >= 15 is 0 Å². The Kier molecular flexibility index (Phi) is 4.43. The van der Waals surface area contributed by atoms with Gasteiger partial charge in [0.2, 0.25) is 5.78 Å². The second-order valence-corrected chi connectivity index (χ2v) is 7.25. The van der Waals surface area contributed by atoms with Crippen LogP contribution in [0.25, 0.3) is 10.9 Å². The van der Waals surface area contributed by atoms with Gasteiger partial charge in [-0.1, -0.05) is 18.2 Å². The second kappa shape index (κ2) is 6.90. The summed E-state index contributed by atoms with van der Waals surface area (Å²) in [4.78, 5) is 15.7. The monoisotopic (exact) mass is 358 g/mol. The van der Waals surface area contributed by atoms with Crippen LogP contribution in [-0.4, -0.2) is 35.5 Å². The van der Waals surface area contributed by atoms with Gasteiger partial charge in [-0.2, -0.15) is 5.26 Å². The third-order valence-corrected chi connectivity index (χ3v) is 5.57. The highest BCUT2D eigenvalue weighted by Crippen LogP contribution is 2.37. The predicted molar refractivity (Wildman–Crippen MR) is 106 cm³/mol. The fourth-order valence-corrected chi connectivity index (χ4v) is 4.06. The number of aromatic nitrogens is 1. The first-order valence-corrected chi connectivity index (χ1v) is 9.22. The Hall–Kier alpha value is -3.10. The van der Waals surface area contributed by atoms with Gasteiger partial charge in [0, 0.05) is 10.9 Å². The molecule has 2 heterocycles. The van der Waals surface area contributed by atoms with Crippen molar-refractivity contribution in [2.24, 2.45) is 0 Å². The molecular weight excluding hydrogens is 336 g/mol. The highest BCUT2D eigenvalue weighted by molar-refractivity contribution is 6.12. The molecule has 0 aliphatic carbocycles. The molecule has 0 spiro atoms. The Balaban J connectivity index is 1.86. The first-order chi connectivity index (χ1) is 13.1. The first kappa shape index (κ1) is 17.3. The summed E-state index contributed by atoms with van der Waals surface area (Å²) in [5, 5.41) is 10.1. The molecule has 1 aliphatic rings. The van der Waals surface area contributed by atoms with E-state index in [1.54, 1.807) is 28.9 Å². The number of nitrogen functional groups attached to an aromatic ring is 1. The van der Waals surface area contributed by atoms with Crippen LogP contribution in [0.5, 0.6) is 0 Å². The van der Waals surface area contributed by atoms with E-state index in [9.17, 15) is 4.79 Å². The van der Waals surface area contributed by atoms with Crippen molar-refractivity contribution in [2.45, 2.75) is 18.8 Å². The minimum absolute atomic E-state index is 0.0906. The van der Waals surface area contributed by atoms with E-state index in [0.29, 0.717) is 22.7 Å². The summed E-state index contributed by atoms with van der Waals surface area (Å²) in [6, 6.07) is 16.8. The number of hydrogen-bond donors (Lipinski definition) is 1. The third-order valence-electron chi connectivity index (χ3n) is 5.57. The lowest BCUT2D eigenvalue weighted by Crippen LogP contribution is -2.30. The fraction of sp³-hybridized carbons (Fsp3) is 0.273. The SMILES string of the molecule is CN1CCC(c2c(C(=O)c3ccc(C#N)cc3)n(N)c3ccccc23)CC1. The van der Waals surface area contributed by atoms with Gasteiger partial charge in [-0.05, 0) is 74.8 Å². The lowest BCUT2D eigenvalue weighted by molar-refractivity contribution is 0.103. The molecule has 3 aromatic rings. The van der Waals surface area contributed by atoms with Gasteiger partial charge in [0.1, 0.15) is 5.69 Å². The molecule has 0 radical (unpaired) electrons. The number of carbonyl (C=O) groups excluding carboxylic acids is 1. The summed E-state index contributed by atoms with van der Waals surface area (Å²) in [5.41, 5.74) is 3.60. The molecule has 0 amide bonds. The summed E-state index contributed by atoms with van der Waals surface area (Å²) in [6.07, 6.45) is 2.02. The van der Waals surface area contributed by atoms with Crippen LogP contribution in [0.2, 0.25) is 0 Å². The summed E-state index contributed by atoms with van der Waals surface area (Å²) in [6.45, 7) is 2.03. The van der Waals surface area contributed by atoms with Crippen molar-refractivity contribution in [2.75, 3.05) is 26.0 Å². The highest BCUT2D eigenvalue weighted by Gasteiger charge is 2.29. The van der Waals surface area contributed by atoms with Gasteiger partial charge in [-0.3, -0.25) is 9.47 Å². The normalized spacial score (nSPS) is 15.7. The smallest absolute Gasteiger partial charge is 0.211 e. The Morgan fingerprint density at radius 1 is 1.11 bits per heavy atom. The number of nitrogens with zero attached hydrogens (tertiary/aromatic N) is 3. The molecule has 1 aromatic heterocycles. The van der Waals surface area contributed by atoms with Gasteiger partial charge in [-0.25, -0.2) is 0 Å². The second-order valence-electron chi connectivity index (χ2n) is 7.25. The first-order valence-electron chi connectivity index (χ1n) is 9.22. The van der Waals surface area contributed by atoms with Crippen molar-refractivity contribution in [3.05, 3.63) is 70.9 Å². The maximum Gasteiger partial charge on any atom is 0.211 e. The molecular formula is C22H22N4O. The number of nitriles is 1. The van der Waals surface area contributed by atoms with Gasteiger partial charge in [-0.15, -0.1) is 0 Å². The summed E-state index contributed by atoms with van der Waals surface area (Å²) >= 11 is 0. The minimum Gasteiger partial charge on any atom is -0.338 e. The maximum atomic E-state index is 13.4. The number of piperidine rings is 1. The number of benzene rings is 2. The van der Waals surface area contributed by atoms with Crippen molar-refractivity contribution in [3.8, 4) is 6.07 Å².